The topological polar surface area (TPSA) is 126 Å². The third kappa shape index (κ3) is 4.19. The van der Waals surface area contributed by atoms with E-state index in [0.717, 1.165) is 4.68 Å². The minimum Gasteiger partial charge on any atom is -0.324 e. The van der Waals surface area contributed by atoms with Gasteiger partial charge >= 0.3 is 0 Å². The molecule has 1 atom stereocenters. The van der Waals surface area contributed by atoms with Gasteiger partial charge in [-0.1, -0.05) is 11.3 Å². The minimum atomic E-state index is -1.34. The number of fused-ring (bicyclic) bond motifs is 1. The number of nitrogens with one attached hydrogen (secondary N) is 2. The molecule has 0 bridgehead atoms. The summed E-state index contributed by atoms with van der Waals surface area (Å²) in [4.78, 5) is 50.6. The molecule has 1 saturated heterocycles. The van der Waals surface area contributed by atoms with Crippen LogP contribution in [0.4, 0.5) is 18.9 Å². The number of carbonyl (C=O) groups is 4. The molecule has 0 spiro atoms. The van der Waals surface area contributed by atoms with Crippen LogP contribution in [-0.2, 0) is 27.5 Å². The number of rotatable bonds is 5. The normalized spacial score (nSPS) is 17.2. The average Bonchev–Trinajstić information content (AvgIpc) is 3.41. The Bertz CT molecular complexity index is 1440. The third-order valence-corrected chi connectivity index (χ3v) is 5.99. The van der Waals surface area contributed by atoms with E-state index in [2.05, 4.69) is 20.9 Å². The number of hydrogen-bond donors (Lipinski definition) is 2. The van der Waals surface area contributed by atoms with Crippen molar-refractivity contribution in [3.63, 3.8) is 0 Å². The molecule has 1 aromatic heterocycles. The molecule has 1 fully saturated rings. The lowest BCUT2D eigenvalue weighted by Gasteiger charge is -2.29. The van der Waals surface area contributed by atoms with Gasteiger partial charge in [-0.05, 0) is 24.6 Å². The summed E-state index contributed by atoms with van der Waals surface area (Å²) in [6.45, 7) is -0.271. The molecule has 4 amide bonds. The highest BCUT2D eigenvalue weighted by Crippen LogP contribution is 2.32. The van der Waals surface area contributed by atoms with Gasteiger partial charge in [0.1, 0.15) is 24.1 Å². The summed E-state index contributed by atoms with van der Waals surface area (Å²) in [5.74, 6) is -5.49. The molecule has 184 valence electrons. The second-order valence-electron chi connectivity index (χ2n) is 8.33. The second kappa shape index (κ2) is 8.91. The van der Waals surface area contributed by atoms with Crippen molar-refractivity contribution < 1.29 is 32.3 Å². The number of aromatic nitrogens is 3. The van der Waals surface area contributed by atoms with Crippen LogP contribution in [0.3, 0.4) is 0 Å². The summed E-state index contributed by atoms with van der Waals surface area (Å²) in [7, 11) is 0. The monoisotopic (exact) mass is 498 g/mol. The molecule has 3 heterocycles. The van der Waals surface area contributed by atoms with Crippen molar-refractivity contribution in [2.24, 2.45) is 0 Å². The molecule has 0 radical (unpaired) electrons. The van der Waals surface area contributed by atoms with E-state index in [1.54, 1.807) is 18.2 Å². The lowest BCUT2D eigenvalue weighted by molar-refractivity contribution is -0.137. The third-order valence-electron chi connectivity index (χ3n) is 5.99. The van der Waals surface area contributed by atoms with Gasteiger partial charge < -0.3 is 10.2 Å². The van der Waals surface area contributed by atoms with Crippen LogP contribution >= 0.6 is 0 Å². The Labute approximate surface area is 201 Å². The quantitative estimate of drug-likeness (QED) is 0.408. The summed E-state index contributed by atoms with van der Waals surface area (Å²) < 4.78 is 41.8. The van der Waals surface area contributed by atoms with Gasteiger partial charge in [0.05, 0.1) is 6.20 Å². The van der Waals surface area contributed by atoms with E-state index in [-0.39, 0.29) is 43.1 Å². The van der Waals surface area contributed by atoms with Crippen molar-refractivity contribution >= 4 is 29.3 Å². The van der Waals surface area contributed by atoms with Crippen molar-refractivity contribution in [1.29, 1.82) is 0 Å². The number of carbonyl (C=O) groups excluding carboxylic acids is 4. The van der Waals surface area contributed by atoms with E-state index in [1.807, 2.05) is 0 Å². The van der Waals surface area contributed by atoms with Crippen molar-refractivity contribution in [3.05, 3.63) is 65.1 Å². The van der Waals surface area contributed by atoms with E-state index in [4.69, 9.17) is 0 Å². The number of hydrogen-bond acceptors (Lipinski definition) is 6. The van der Waals surface area contributed by atoms with E-state index >= 15 is 0 Å². The van der Waals surface area contributed by atoms with Crippen molar-refractivity contribution in [1.82, 2.24) is 25.2 Å². The molecular formula is C23H17F3N6O4. The number of anilines is 1. The predicted octanol–water partition coefficient (Wildman–Crippen LogP) is 1.76. The van der Waals surface area contributed by atoms with Crippen LogP contribution in [-0.4, -0.2) is 49.6 Å². The first-order valence-corrected chi connectivity index (χ1v) is 10.8. The summed E-state index contributed by atoms with van der Waals surface area (Å²) in [5, 5.41) is 12.4. The fourth-order valence-corrected chi connectivity index (χ4v) is 4.26. The van der Waals surface area contributed by atoms with Crippen LogP contribution in [0.5, 0.6) is 0 Å². The summed E-state index contributed by atoms with van der Waals surface area (Å²) in [5.41, 5.74) is 0.796. The minimum absolute atomic E-state index is 0.0692. The fraction of sp³-hybridized carbons (Fsp3) is 0.217. The van der Waals surface area contributed by atoms with Crippen molar-refractivity contribution in [2.75, 3.05) is 5.32 Å². The Hall–Kier alpha value is -4.55. The molecule has 0 aliphatic carbocycles. The van der Waals surface area contributed by atoms with E-state index < -0.39 is 41.2 Å². The Morgan fingerprint density at radius 2 is 1.86 bits per heavy atom. The number of nitrogens with zero attached hydrogens (tertiary/aromatic N) is 4. The lowest BCUT2D eigenvalue weighted by Crippen LogP contribution is -2.52. The average molecular weight is 498 g/mol. The first-order valence-electron chi connectivity index (χ1n) is 10.8. The van der Waals surface area contributed by atoms with Gasteiger partial charge in [0, 0.05) is 41.4 Å². The van der Waals surface area contributed by atoms with Gasteiger partial charge in [0.2, 0.25) is 17.7 Å². The van der Waals surface area contributed by atoms with Crippen LogP contribution in [0.15, 0.2) is 36.5 Å². The zero-order valence-corrected chi connectivity index (χ0v) is 18.4. The van der Waals surface area contributed by atoms with E-state index in [0.29, 0.717) is 28.9 Å². The Morgan fingerprint density at radius 1 is 1.08 bits per heavy atom. The number of amides is 4. The smallest absolute Gasteiger partial charge is 0.255 e. The molecule has 13 heteroatoms. The maximum atomic E-state index is 14.0. The Kier molecular flexibility index (Phi) is 5.74. The molecule has 2 aliphatic rings. The molecule has 1 unspecified atom stereocenters. The van der Waals surface area contributed by atoms with Gasteiger partial charge in [-0.3, -0.25) is 24.5 Å². The Morgan fingerprint density at radius 3 is 2.64 bits per heavy atom. The fourth-order valence-electron chi connectivity index (χ4n) is 4.26. The highest BCUT2D eigenvalue weighted by molar-refractivity contribution is 6.06. The summed E-state index contributed by atoms with van der Waals surface area (Å²) >= 11 is 0. The molecule has 5 rings (SSSR count). The summed E-state index contributed by atoms with van der Waals surface area (Å²) in [6, 6.07) is 5.01. The molecule has 36 heavy (non-hydrogen) atoms. The van der Waals surface area contributed by atoms with E-state index in [9.17, 15) is 32.3 Å². The van der Waals surface area contributed by atoms with Gasteiger partial charge in [-0.2, -0.15) is 0 Å². The maximum absolute atomic E-state index is 14.0. The van der Waals surface area contributed by atoms with Crippen LogP contribution in [0, 0.1) is 17.5 Å². The molecule has 0 saturated carbocycles. The largest absolute Gasteiger partial charge is 0.324 e. The molecule has 2 N–H and O–H groups in total. The molecule has 3 aromatic rings. The van der Waals surface area contributed by atoms with Crippen LogP contribution in [0.1, 0.15) is 28.8 Å². The van der Waals surface area contributed by atoms with Crippen molar-refractivity contribution in [3.8, 4) is 11.3 Å². The molecule has 2 aliphatic heterocycles. The first-order chi connectivity index (χ1) is 17.2. The lowest BCUT2D eigenvalue weighted by atomic mass is 10.0. The van der Waals surface area contributed by atoms with Gasteiger partial charge in [0.25, 0.3) is 5.91 Å². The second-order valence-corrected chi connectivity index (χ2v) is 8.33. The molecule has 10 nitrogen and oxygen atoms in total. The molecule has 2 aromatic carbocycles. The first kappa shape index (κ1) is 23.2. The van der Waals surface area contributed by atoms with Gasteiger partial charge in [-0.25, -0.2) is 17.9 Å². The van der Waals surface area contributed by atoms with E-state index in [1.165, 1.54) is 11.1 Å². The van der Waals surface area contributed by atoms with Crippen LogP contribution in [0.2, 0.25) is 0 Å². The zero-order chi connectivity index (χ0) is 25.6. The maximum Gasteiger partial charge on any atom is 0.255 e. The summed E-state index contributed by atoms with van der Waals surface area (Å²) in [6.07, 6.45) is 1.53. The van der Waals surface area contributed by atoms with Gasteiger partial charge in [-0.15, -0.1) is 5.10 Å². The highest BCUT2D eigenvalue weighted by atomic mass is 19.2. The molecular weight excluding hydrogens is 481 g/mol. The zero-order valence-electron chi connectivity index (χ0n) is 18.4. The van der Waals surface area contributed by atoms with Crippen LogP contribution < -0.4 is 10.6 Å². The highest BCUT2D eigenvalue weighted by Gasteiger charge is 2.40. The van der Waals surface area contributed by atoms with Crippen molar-refractivity contribution in [2.45, 2.75) is 32.0 Å². The number of imide groups is 1. The Balaban J connectivity index is 1.30. The number of halogens is 3. The number of piperidine rings is 1. The van der Waals surface area contributed by atoms with Crippen LogP contribution in [0.25, 0.3) is 11.3 Å². The SMILES string of the molecule is O=C1CCC(N2Cc3c(NC(=O)Cn4cc(-c5cc(F)c(F)cc5F)nn4)cccc3C2=O)C(=O)N1. The number of benzene rings is 2. The van der Waals surface area contributed by atoms with Gasteiger partial charge in [0.15, 0.2) is 11.6 Å². The standard InChI is InChI=1S/C23H17F3N6O4/c24-14-7-16(26)15(25)6-12(14)18-9-31(30-29-18)10-21(34)27-17-3-1-2-11-13(17)8-32(23(11)36)19-4-5-20(33)28-22(19)35/h1-3,6-7,9,19H,4-5,8,10H2,(H,27,34)(H,28,33,35). The predicted molar refractivity (Wildman–Crippen MR) is 116 cm³/mol.